The number of nitrogens with zero attached hydrogens (tertiary/aromatic N) is 1. The summed E-state index contributed by atoms with van der Waals surface area (Å²) in [5.41, 5.74) is 2.48. The zero-order valence-corrected chi connectivity index (χ0v) is 20.2. The minimum atomic E-state index is -1.27. The van der Waals surface area contributed by atoms with Gasteiger partial charge < -0.3 is 19.7 Å². The molecular weight excluding hydrogens is 479 g/mol. The lowest BCUT2D eigenvalue weighted by Crippen LogP contribution is -2.46. The van der Waals surface area contributed by atoms with E-state index >= 15 is 0 Å². The number of hydrogen-bond acceptors (Lipinski definition) is 5. The van der Waals surface area contributed by atoms with E-state index in [0.29, 0.717) is 22.6 Å². The fourth-order valence-electron chi connectivity index (χ4n) is 3.37. The number of likely N-dealkylation sites (tertiary alicyclic amines) is 1. The maximum absolute atomic E-state index is 13.3. The van der Waals surface area contributed by atoms with Crippen molar-refractivity contribution in [2.24, 2.45) is 0 Å². The van der Waals surface area contributed by atoms with Gasteiger partial charge in [-0.05, 0) is 47.5 Å². The second-order valence-electron chi connectivity index (χ2n) is 7.48. The Bertz CT molecular complexity index is 1040. The maximum Gasteiger partial charge on any atom is 0.253 e. The molecule has 1 aliphatic rings. The lowest BCUT2D eigenvalue weighted by atomic mass is 9.94. The van der Waals surface area contributed by atoms with Gasteiger partial charge in [-0.1, -0.05) is 47.5 Å². The Morgan fingerprint density at radius 2 is 1.35 bits per heavy atom. The number of hydrogen-bond donors (Lipinski definition) is 1. The Morgan fingerprint density at radius 1 is 0.912 bits per heavy atom. The molecule has 9 heteroatoms. The van der Waals surface area contributed by atoms with E-state index in [1.54, 1.807) is 50.6 Å². The van der Waals surface area contributed by atoms with Gasteiger partial charge in [-0.25, -0.2) is 0 Å². The highest BCUT2D eigenvalue weighted by Crippen LogP contribution is 2.24. The standard InChI is InChI=1S/C25H24Cl2N2O5/c1-33-20-7-3-16(4-8-20)11-18-14-29(22(30)13-28-25(32)24(26)27)15-19(23(18)31)12-17-5-9-21(34-2)10-6-17/h3-12,24H,13-15H2,1-2H3,(H,28,32)/b18-11+,19-12+. The van der Waals surface area contributed by atoms with E-state index in [1.807, 2.05) is 24.3 Å². The summed E-state index contributed by atoms with van der Waals surface area (Å²) in [5, 5.41) is 2.40. The van der Waals surface area contributed by atoms with Gasteiger partial charge in [0.1, 0.15) is 11.5 Å². The molecule has 0 radical (unpaired) electrons. The molecule has 0 unspecified atom stereocenters. The van der Waals surface area contributed by atoms with Gasteiger partial charge in [0.25, 0.3) is 5.91 Å². The molecule has 7 nitrogen and oxygen atoms in total. The molecular formula is C25H24Cl2N2O5. The number of carbonyl (C=O) groups excluding carboxylic acids is 3. The molecule has 178 valence electrons. The SMILES string of the molecule is COc1ccc(/C=C2\CN(C(=O)CNC(=O)C(Cl)Cl)C/C(=C\c3ccc(OC)cc3)C2=O)cc1. The Kier molecular flexibility index (Phi) is 8.73. The number of Topliss-reactive ketones (excluding diaryl/α,β-unsaturated/α-hetero) is 1. The first kappa shape index (κ1) is 25.3. The van der Waals surface area contributed by atoms with Crippen LogP contribution in [0.5, 0.6) is 11.5 Å². The average molecular weight is 503 g/mol. The van der Waals surface area contributed by atoms with E-state index < -0.39 is 10.7 Å². The highest BCUT2D eigenvalue weighted by molar-refractivity contribution is 6.53. The van der Waals surface area contributed by atoms with Crippen molar-refractivity contribution in [2.45, 2.75) is 4.84 Å². The second-order valence-corrected chi connectivity index (χ2v) is 8.58. The minimum Gasteiger partial charge on any atom is -0.497 e. The molecule has 2 aromatic carbocycles. The number of rotatable bonds is 7. The Labute approximate surface area is 207 Å². The van der Waals surface area contributed by atoms with Gasteiger partial charge in [-0.15, -0.1) is 0 Å². The predicted molar refractivity (Wildman–Crippen MR) is 132 cm³/mol. The first-order chi connectivity index (χ1) is 16.3. The molecule has 0 saturated carbocycles. The van der Waals surface area contributed by atoms with E-state index in [2.05, 4.69) is 5.32 Å². The number of ketones is 1. The van der Waals surface area contributed by atoms with Gasteiger partial charge >= 0.3 is 0 Å². The van der Waals surface area contributed by atoms with Gasteiger partial charge in [-0.3, -0.25) is 14.4 Å². The van der Waals surface area contributed by atoms with Gasteiger partial charge in [0.2, 0.25) is 5.91 Å². The molecule has 1 fully saturated rings. The topological polar surface area (TPSA) is 84.9 Å². The van der Waals surface area contributed by atoms with Crippen LogP contribution in [0.4, 0.5) is 0 Å². The molecule has 1 heterocycles. The van der Waals surface area contributed by atoms with E-state index in [9.17, 15) is 14.4 Å². The van der Waals surface area contributed by atoms with Crippen LogP contribution >= 0.6 is 23.2 Å². The van der Waals surface area contributed by atoms with Gasteiger partial charge in [-0.2, -0.15) is 0 Å². The molecule has 3 rings (SSSR count). The van der Waals surface area contributed by atoms with Crippen LogP contribution in [0.2, 0.25) is 0 Å². The Morgan fingerprint density at radius 3 is 1.74 bits per heavy atom. The first-order valence-electron chi connectivity index (χ1n) is 10.4. The third-order valence-electron chi connectivity index (χ3n) is 5.18. The molecule has 2 aromatic rings. The molecule has 34 heavy (non-hydrogen) atoms. The van der Waals surface area contributed by atoms with Crippen molar-refractivity contribution < 1.29 is 23.9 Å². The third kappa shape index (κ3) is 6.62. The highest BCUT2D eigenvalue weighted by atomic mass is 35.5. The number of methoxy groups -OCH3 is 2. The maximum atomic E-state index is 13.3. The predicted octanol–water partition coefficient (Wildman–Crippen LogP) is 3.50. The summed E-state index contributed by atoms with van der Waals surface area (Å²) >= 11 is 11.1. The van der Waals surface area contributed by atoms with E-state index in [4.69, 9.17) is 32.7 Å². The molecule has 0 aliphatic carbocycles. The van der Waals surface area contributed by atoms with Crippen molar-refractivity contribution >= 4 is 53.0 Å². The summed E-state index contributed by atoms with van der Waals surface area (Å²) in [4.78, 5) is 38.0. The molecule has 1 N–H and O–H groups in total. The number of benzene rings is 2. The number of ether oxygens (including phenoxy) is 2. The fourth-order valence-corrected chi connectivity index (χ4v) is 3.52. The fraction of sp³-hybridized carbons (Fsp3) is 0.240. The van der Waals surface area contributed by atoms with Crippen LogP contribution in [-0.2, 0) is 14.4 Å². The van der Waals surface area contributed by atoms with Gasteiger partial charge in [0, 0.05) is 24.2 Å². The van der Waals surface area contributed by atoms with Crippen LogP contribution in [0.3, 0.4) is 0 Å². The van der Waals surface area contributed by atoms with Crippen LogP contribution < -0.4 is 14.8 Å². The summed E-state index contributed by atoms with van der Waals surface area (Å²) in [5.74, 6) is 0.216. The normalized spacial score (nSPS) is 16.1. The zero-order valence-electron chi connectivity index (χ0n) is 18.7. The van der Waals surface area contributed by atoms with E-state index in [-0.39, 0.29) is 31.3 Å². The molecule has 0 atom stereocenters. The number of amides is 2. The van der Waals surface area contributed by atoms with Gasteiger partial charge in [0.15, 0.2) is 10.6 Å². The van der Waals surface area contributed by atoms with Crippen molar-refractivity contribution in [3.63, 3.8) is 0 Å². The summed E-state index contributed by atoms with van der Waals surface area (Å²) in [6.45, 7) is -0.0794. The van der Waals surface area contributed by atoms with Crippen LogP contribution in [0.25, 0.3) is 12.2 Å². The molecule has 1 saturated heterocycles. The Balaban J connectivity index is 1.90. The molecule has 0 spiro atoms. The van der Waals surface area contributed by atoms with Crippen molar-refractivity contribution in [2.75, 3.05) is 33.9 Å². The number of piperidine rings is 1. The average Bonchev–Trinajstić information content (AvgIpc) is 2.85. The van der Waals surface area contributed by atoms with Crippen molar-refractivity contribution in [1.82, 2.24) is 10.2 Å². The molecule has 0 bridgehead atoms. The third-order valence-corrected chi connectivity index (χ3v) is 5.58. The Hall–Kier alpha value is -3.29. The van der Waals surface area contributed by atoms with Crippen molar-refractivity contribution in [3.8, 4) is 11.5 Å². The van der Waals surface area contributed by atoms with Crippen LogP contribution in [0.15, 0.2) is 59.7 Å². The quantitative estimate of drug-likeness (QED) is 0.462. The molecule has 2 amide bonds. The lowest BCUT2D eigenvalue weighted by Gasteiger charge is -2.30. The van der Waals surface area contributed by atoms with Crippen LogP contribution in [0.1, 0.15) is 11.1 Å². The van der Waals surface area contributed by atoms with Gasteiger partial charge in [0.05, 0.1) is 20.8 Å². The first-order valence-corrected chi connectivity index (χ1v) is 11.3. The summed E-state index contributed by atoms with van der Waals surface area (Å²) in [6.07, 6.45) is 3.49. The van der Waals surface area contributed by atoms with E-state index in [0.717, 1.165) is 11.1 Å². The summed E-state index contributed by atoms with van der Waals surface area (Å²) < 4.78 is 10.4. The van der Waals surface area contributed by atoms with Crippen molar-refractivity contribution in [3.05, 3.63) is 70.8 Å². The number of carbonyl (C=O) groups is 3. The number of nitrogens with one attached hydrogen (secondary N) is 1. The van der Waals surface area contributed by atoms with Crippen LogP contribution in [-0.4, -0.2) is 61.2 Å². The lowest BCUT2D eigenvalue weighted by molar-refractivity contribution is -0.132. The monoisotopic (exact) mass is 502 g/mol. The minimum absolute atomic E-state index is 0.102. The van der Waals surface area contributed by atoms with Crippen molar-refractivity contribution in [1.29, 1.82) is 0 Å². The largest absolute Gasteiger partial charge is 0.497 e. The highest BCUT2D eigenvalue weighted by Gasteiger charge is 2.29. The second kappa shape index (κ2) is 11.7. The molecule has 1 aliphatic heterocycles. The zero-order chi connectivity index (χ0) is 24.7. The smallest absolute Gasteiger partial charge is 0.253 e. The van der Waals surface area contributed by atoms with Crippen LogP contribution in [0, 0.1) is 0 Å². The van der Waals surface area contributed by atoms with E-state index in [1.165, 1.54) is 4.90 Å². The summed E-state index contributed by atoms with van der Waals surface area (Å²) in [6, 6.07) is 14.5. The number of halogens is 2. The number of alkyl halides is 2. The summed E-state index contributed by atoms with van der Waals surface area (Å²) in [7, 11) is 3.15. The molecule has 0 aromatic heterocycles.